The number of Topliss-reactive ketones (excluding diaryl/α,β-unsaturated/α-hetero) is 1. The van der Waals surface area contributed by atoms with Gasteiger partial charge in [-0.05, 0) is 61.7 Å². The van der Waals surface area contributed by atoms with E-state index in [-0.39, 0.29) is 11.3 Å². The molecule has 1 aliphatic heterocycles. The predicted molar refractivity (Wildman–Crippen MR) is 123 cm³/mol. The summed E-state index contributed by atoms with van der Waals surface area (Å²) in [4.78, 5) is 32.6. The molecule has 2 aromatic carbocycles. The Balaban J connectivity index is 1.70. The van der Waals surface area contributed by atoms with E-state index in [4.69, 9.17) is 4.42 Å². The summed E-state index contributed by atoms with van der Waals surface area (Å²) in [6.07, 6.45) is 1.39. The van der Waals surface area contributed by atoms with Crippen molar-refractivity contribution in [2.24, 2.45) is 0 Å². The van der Waals surface area contributed by atoms with Crippen LogP contribution < -0.4 is 4.90 Å². The molecule has 0 aliphatic carbocycles. The minimum Gasteiger partial charge on any atom is -0.503 e. The zero-order valence-corrected chi connectivity index (χ0v) is 18.6. The van der Waals surface area contributed by atoms with E-state index in [0.29, 0.717) is 10.7 Å². The third-order valence-electron chi connectivity index (χ3n) is 5.75. The summed E-state index contributed by atoms with van der Waals surface area (Å²) in [6.45, 7) is 5.97. The molecule has 1 unspecified atom stereocenters. The third kappa shape index (κ3) is 3.13. The number of amides is 1. The van der Waals surface area contributed by atoms with Crippen molar-refractivity contribution in [3.8, 4) is 0 Å². The quantitative estimate of drug-likeness (QED) is 0.414. The van der Waals surface area contributed by atoms with Gasteiger partial charge in [-0.3, -0.25) is 14.5 Å². The van der Waals surface area contributed by atoms with Crippen molar-refractivity contribution in [2.75, 3.05) is 4.90 Å². The van der Waals surface area contributed by atoms with Crippen LogP contribution in [0.15, 0.2) is 70.5 Å². The van der Waals surface area contributed by atoms with Gasteiger partial charge in [-0.25, -0.2) is 4.98 Å². The number of ketones is 1. The van der Waals surface area contributed by atoms with E-state index in [2.05, 4.69) is 4.98 Å². The summed E-state index contributed by atoms with van der Waals surface area (Å²) in [6, 6.07) is 13.9. The van der Waals surface area contributed by atoms with Gasteiger partial charge in [0.1, 0.15) is 0 Å². The Morgan fingerprint density at radius 3 is 2.59 bits per heavy atom. The van der Waals surface area contributed by atoms with Crippen LogP contribution in [0.3, 0.4) is 0 Å². The largest absolute Gasteiger partial charge is 0.503 e. The second kappa shape index (κ2) is 7.46. The van der Waals surface area contributed by atoms with E-state index in [0.717, 1.165) is 26.9 Å². The van der Waals surface area contributed by atoms with Crippen LogP contribution in [0.5, 0.6) is 0 Å². The Labute approximate surface area is 188 Å². The van der Waals surface area contributed by atoms with Crippen molar-refractivity contribution in [2.45, 2.75) is 26.8 Å². The van der Waals surface area contributed by atoms with Gasteiger partial charge in [-0.15, -0.1) is 0 Å². The van der Waals surface area contributed by atoms with E-state index in [1.807, 2.05) is 57.2 Å². The Bertz CT molecular complexity index is 1380. The van der Waals surface area contributed by atoms with Crippen molar-refractivity contribution < 1.29 is 19.1 Å². The molecule has 2 aromatic heterocycles. The summed E-state index contributed by atoms with van der Waals surface area (Å²) in [7, 11) is 0. The zero-order chi connectivity index (χ0) is 22.6. The average Bonchev–Trinajstić information content (AvgIpc) is 3.48. The molecule has 0 saturated carbocycles. The number of hydrogen-bond donors (Lipinski definition) is 1. The molecular weight excluding hydrogens is 424 g/mol. The van der Waals surface area contributed by atoms with Crippen LogP contribution in [0.2, 0.25) is 0 Å². The van der Waals surface area contributed by atoms with E-state index in [1.54, 1.807) is 6.07 Å². The van der Waals surface area contributed by atoms with Gasteiger partial charge in [0, 0.05) is 0 Å². The fraction of sp³-hybridized carbons (Fsp3) is 0.160. The van der Waals surface area contributed by atoms with E-state index >= 15 is 0 Å². The highest BCUT2D eigenvalue weighted by Crippen LogP contribution is 2.44. The molecule has 4 aromatic rings. The van der Waals surface area contributed by atoms with Gasteiger partial charge in [-0.1, -0.05) is 41.2 Å². The lowest BCUT2D eigenvalue weighted by Crippen LogP contribution is -2.31. The number of aliphatic hydroxyl groups excluding tert-OH is 1. The first-order chi connectivity index (χ1) is 15.3. The van der Waals surface area contributed by atoms with Crippen LogP contribution in [-0.2, 0) is 4.79 Å². The Morgan fingerprint density at radius 2 is 1.88 bits per heavy atom. The molecular formula is C25H20N2O4S. The number of nitrogens with zero attached hydrogens (tertiary/aromatic N) is 2. The standard InChI is InChI=1S/C25H20N2O4S/c1-13-6-4-7-16(10-13)21-20(22(28)18-8-5-9-31-18)23(29)24(30)27(21)25-26-17-11-14(2)15(3)12-19(17)32-25/h4-12,21,29H,1-3H3. The molecule has 5 rings (SSSR count). The molecule has 1 aliphatic rings. The van der Waals surface area contributed by atoms with Crippen LogP contribution in [0.4, 0.5) is 5.13 Å². The third-order valence-corrected chi connectivity index (χ3v) is 6.77. The maximum atomic E-state index is 13.3. The first-order valence-electron chi connectivity index (χ1n) is 10.1. The highest BCUT2D eigenvalue weighted by molar-refractivity contribution is 7.22. The number of rotatable bonds is 4. The minimum absolute atomic E-state index is 0.0119. The fourth-order valence-electron chi connectivity index (χ4n) is 4.00. The maximum absolute atomic E-state index is 13.3. The van der Waals surface area contributed by atoms with E-state index in [9.17, 15) is 14.7 Å². The fourth-order valence-corrected chi connectivity index (χ4v) is 5.07. The molecule has 32 heavy (non-hydrogen) atoms. The van der Waals surface area contributed by atoms with Gasteiger partial charge < -0.3 is 9.52 Å². The van der Waals surface area contributed by atoms with E-state index in [1.165, 1.54) is 28.6 Å². The lowest BCUT2D eigenvalue weighted by Gasteiger charge is -2.24. The van der Waals surface area contributed by atoms with Crippen LogP contribution in [0, 0.1) is 20.8 Å². The topological polar surface area (TPSA) is 83.6 Å². The number of aliphatic hydroxyl groups is 1. The van der Waals surface area contributed by atoms with Crippen LogP contribution in [-0.4, -0.2) is 21.8 Å². The number of fused-ring (bicyclic) bond motifs is 1. The summed E-state index contributed by atoms with van der Waals surface area (Å²) >= 11 is 1.36. The molecule has 1 atom stereocenters. The highest BCUT2D eigenvalue weighted by Gasteiger charge is 2.46. The predicted octanol–water partition coefficient (Wildman–Crippen LogP) is 5.60. The normalized spacial score (nSPS) is 16.4. The van der Waals surface area contributed by atoms with Crippen molar-refractivity contribution in [3.05, 3.63) is 94.1 Å². The second-order valence-corrected chi connectivity index (χ2v) is 8.97. The summed E-state index contributed by atoms with van der Waals surface area (Å²) in [5.74, 6) is -1.69. The lowest BCUT2D eigenvalue weighted by molar-refractivity contribution is -0.117. The molecule has 1 amide bonds. The number of furan rings is 1. The molecule has 3 heterocycles. The lowest BCUT2D eigenvalue weighted by atomic mass is 9.94. The Morgan fingerprint density at radius 1 is 1.09 bits per heavy atom. The maximum Gasteiger partial charge on any atom is 0.296 e. The number of carbonyl (C=O) groups excluding carboxylic acids is 2. The number of aryl methyl sites for hydroxylation is 3. The molecule has 1 N–H and O–H groups in total. The average molecular weight is 445 g/mol. The molecule has 0 fully saturated rings. The summed E-state index contributed by atoms with van der Waals surface area (Å²) in [5.41, 5.74) is 4.68. The highest BCUT2D eigenvalue weighted by atomic mass is 32.1. The first-order valence-corrected chi connectivity index (χ1v) is 11.0. The van der Waals surface area contributed by atoms with Crippen LogP contribution in [0.1, 0.15) is 38.9 Å². The van der Waals surface area contributed by atoms with Gasteiger partial charge in [0.2, 0.25) is 5.78 Å². The summed E-state index contributed by atoms with van der Waals surface area (Å²) < 4.78 is 6.21. The number of anilines is 1. The molecule has 0 saturated heterocycles. The first kappa shape index (κ1) is 20.2. The minimum atomic E-state index is -0.817. The number of hydrogen-bond acceptors (Lipinski definition) is 6. The number of aromatic nitrogens is 1. The van der Waals surface area contributed by atoms with Gasteiger partial charge >= 0.3 is 0 Å². The summed E-state index contributed by atoms with van der Waals surface area (Å²) in [5, 5.41) is 11.3. The molecule has 6 nitrogen and oxygen atoms in total. The SMILES string of the molecule is Cc1cccc(C2C(C(=O)c3ccco3)=C(O)C(=O)N2c2nc3cc(C)c(C)cc3s2)c1. The van der Waals surface area contributed by atoms with Gasteiger partial charge in [0.05, 0.1) is 28.1 Å². The molecule has 0 spiro atoms. The van der Waals surface area contributed by atoms with Gasteiger partial charge in [-0.2, -0.15) is 0 Å². The molecule has 0 radical (unpaired) electrons. The zero-order valence-electron chi connectivity index (χ0n) is 17.7. The van der Waals surface area contributed by atoms with Crippen molar-refractivity contribution in [1.29, 1.82) is 0 Å². The van der Waals surface area contributed by atoms with E-state index < -0.39 is 23.5 Å². The Hall–Kier alpha value is -3.71. The molecule has 7 heteroatoms. The van der Waals surface area contributed by atoms with Crippen molar-refractivity contribution >= 4 is 38.4 Å². The monoisotopic (exact) mass is 444 g/mol. The smallest absolute Gasteiger partial charge is 0.296 e. The number of carbonyl (C=O) groups is 2. The van der Waals surface area contributed by atoms with Crippen molar-refractivity contribution in [3.63, 3.8) is 0 Å². The number of thiazole rings is 1. The van der Waals surface area contributed by atoms with Crippen molar-refractivity contribution in [1.82, 2.24) is 4.98 Å². The van der Waals surface area contributed by atoms with Gasteiger partial charge in [0.15, 0.2) is 16.7 Å². The molecule has 0 bridgehead atoms. The second-order valence-electron chi connectivity index (χ2n) is 7.96. The van der Waals surface area contributed by atoms with Crippen LogP contribution >= 0.6 is 11.3 Å². The molecule has 160 valence electrons. The number of benzene rings is 2. The van der Waals surface area contributed by atoms with Gasteiger partial charge in [0.25, 0.3) is 5.91 Å². The Kier molecular flexibility index (Phi) is 4.71. The van der Waals surface area contributed by atoms with Crippen LogP contribution in [0.25, 0.3) is 10.2 Å².